The predicted octanol–water partition coefficient (Wildman–Crippen LogP) is 4.76. The second kappa shape index (κ2) is 10.6. The van der Waals surface area contributed by atoms with Crippen molar-refractivity contribution >= 4 is 56.5 Å². The summed E-state index contributed by atoms with van der Waals surface area (Å²) in [7, 11) is 1.82. The Labute approximate surface area is 249 Å². The molecule has 0 spiro atoms. The Kier molecular flexibility index (Phi) is 6.89. The van der Waals surface area contributed by atoms with Gasteiger partial charge in [-0.25, -0.2) is 0 Å². The smallest absolute Gasteiger partial charge is 0.270 e. The fourth-order valence-electron chi connectivity index (χ4n) is 6.18. The monoisotopic (exact) mass is 595 g/mol. The molecule has 0 N–H and O–H groups in total. The lowest BCUT2D eigenvalue weighted by molar-refractivity contribution is -0.384. The van der Waals surface area contributed by atoms with E-state index in [1.54, 1.807) is 12.1 Å². The molecule has 0 unspecified atom stereocenters. The van der Waals surface area contributed by atoms with E-state index in [2.05, 4.69) is 0 Å². The largest absolute Gasteiger partial charge is 0.306 e. The molecule has 13 nitrogen and oxygen atoms in total. The van der Waals surface area contributed by atoms with Gasteiger partial charge in [-0.1, -0.05) is 31.2 Å². The van der Waals surface area contributed by atoms with Gasteiger partial charge in [0.15, 0.2) is 0 Å². The van der Waals surface area contributed by atoms with E-state index in [1.807, 2.05) is 18.9 Å². The van der Waals surface area contributed by atoms with Crippen LogP contribution in [0.1, 0.15) is 61.2 Å². The lowest BCUT2D eigenvalue weighted by atomic mass is 9.91. The van der Waals surface area contributed by atoms with Crippen molar-refractivity contribution in [2.24, 2.45) is 0 Å². The molecule has 4 amide bonds. The maximum Gasteiger partial charge on any atom is 0.270 e. The molecule has 222 valence electrons. The van der Waals surface area contributed by atoms with Crippen LogP contribution in [0.25, 0.3) is 21.5 Å². The Morgan fingerprint density at radius 2 is 1.11 bits per heavy atom. The number of nitro benzene ring substituents is 2. The highest BCUT2D eigenvalue weighted by Gasteiger charge is 2.46. The predicted molar refractivity (Wildman–Crippen MR) is 158 cm³/mol. The van der Waals surface area contributed by atoms with Gasteiger partial charge in [-0.15, -0.1) is 0 Å². The Bertz CT molecular complexity index is 1840. The molecule has 13 heteroatoms. The molecule has 0 bridgehead atoms. The Morgan fingerprint density at radius 3 is 1.52 bits per heavy atom. The normalized spacial score (nSPS) is 14.5. The van der Waals surface area contributed by atoms with Crippen molar-refractivity contribution in [2.45, 2.75) is 25.9 Å². The zero-order valence-electron chi connectivity index (χ0n) is 23.7. The fraction of sp³-hybridized carbons (Fsp3) is 0.226. The summed E-state index contributed by atoms with van der Waals surface area (Å²) in [6, 6.07) is 13.9. The van der Waals surface area contributed by atoms with Gasteiger partial charge in [-0.2, -0.15) is 0 Å². The molecule has 0 aliphatic carbocycles. The van der Waals surface area contributed by atoms with Crippen molar-refractivity contribution in [2.75, 3.05) is 20.1 Å². The van der Waals surface area contributed by atoms with Crippen molar-refractivity contribution in [3.63, 3.8) is 0 Å². The number of carbonyl (C=O) groups is 4. The van der Waals surface area contributed by atoms with Crippen LogP contribution in [0.5, 0.6) is 0 Å². The standard InChI is InChI=1S/C31H25N5O8/c1-3-11-32(2)12-10-25(33-28(37)21-8-4-6-17-13-19(35(41)42)15-23(26(17)21)30(33)39)34-29(38)22-9-5-7-18-14-20(36(43)44)16-24(27(18)22)31(34)40/h4-9,13-16,25H,3,10-12H2,1-2H3. The van der Waals surface area contributed by atoms with Crippen molar-refractivity contribution in [1.82, 2.24) is 14.7 Å². The number of hydrogen-bond acceptors (Lipinski definition) is 9. The summed E-state index contributed by atoms with van der Waals surface area (Å²) >= 11 is 0. The summed E-state index contributed by atoms with van der Waals surface area (Å²) < 4.78 is 0. The first-order valence-corrected chi connectivity index (χ1v) is 13.9. The van der Waals surface area contributed by atoms with Crippen LogP contribution in [0.2, 0.25) is 0 Å². The SMILES string of the molecule is CCCN(C)CCC(N1C(=O)c2cccc3cc([N+](=O)[O-])cc(c23)C1=O)N1C(=O)c2cccc3cc([N+](=O)[O-])cc(c23)C1=O. The summed E-state index contributed by atoms with van der Waals surface area (Å²) in [5.74, 6) is -3.33. The molecule has 6 rings (SSSR count). The molecule has 4 aromatic rings. The molecule has 2 heterocycles. The highest BCUT2D eigenvalue weighted by molar-refractivity contribution is 6.28. The van der Waals surface area contributed by atoms with Gasteiger partial charge in [0.1, 0.15) is 6.17 Å². The van der Waals surface area contributed by atoms with Crippen molar-refractivity contribution in [3.8, 4) is 0 Å². The lowest BCUT2D eigenvalue weighted by Gasteiger charge is -2.41. The number of nitro groups is 2. The third-order valence-corrected chi connectivity index (χ3v) is 8.11. The first-order valence-electron chi connectivity index (χ1n) is 13.9. The van der Waals surface area contributed by atoms with Crippen LogP contribution in [-0.4, -0.2) is 74.5 Å². The summed E-state index contributed by atoms with van der Waals surface area (Å²) in [4.78, 5) is 82.2. The molecular formula is C31H25N5O8. The van der Waals surface area contributed by atoms with Gasteiger partial charge in [0, 0.05) is 59.1 Å². The van der Waals surface area contributed by atoms with E-state index in [4.69, 9.17) is 0 Å². The molecule has 0 saturated carbocycles. The Hall–Kier alpha value is -5.56. The number of non-ortho nitro benzene ring substituents is 2. The van der Waals surface area contributed by atoms with Gasteiger partial charge >= 0.3 is 0 Å². The third kappa shape index (κ3) is 4.36. The van der Waals surface area contributed by atoms with Crippen LogP contribution < -0.4 is 0 Å². The van der Waals surface area contributed by atoms with E-state index >= 15 is 0 Å². The number of hydrogen-bond donors (Lipinski definition) is 0. The molecule has 0 radical (unpaired) electrons. The van der Waals surface area contributed by atoms with Crippen molar-refractivity contribution in [1.29, 1.82) is 0 Å². The minimum absolute atomic E-state index is 0.0358. The van der Waals surface area contributed by atoms with E-state index in [1.165, 1.54) is 36.4 Å². The van der Waals surface area contributed by atoms with Gasteiger partial charge in [0.25, 0.3) is 35.0 Å². The number of nitrogens with zero attached hydrogens (tertiary/aromatic N) is 5. The highest BCUT2D eigenvalue weighted by atomic mass is 16.6. The fourth-order valence-corrected chi connectivity index (χ4v) is 6.18. The van der Waals surface area contributed by atoms with Gasteiger partial charge in [-0.3, -0.25) is 49.2 Å². The van der Waals surface area contributed by atoms with Gasteiger partial charge in [-0.05, 0) is 42.9 Å². The van der Waals surface area contributed by atoms with Crippen LogP contribution in [0, 0.1) is 20.2 Å². The number of imide groups is 2. The molecule has 44 heavy (non-hydrogen) atoms. The van der Waals surface area contributed by atoms with Crippen LogP contribution in [0.4, 0.5) is 11.4 Å². The molecule has 4 aromatic carbocycles. The van der Waals surface area contributed by atoms with Crippen LogP contribution in [-0.2, 0) is 0 Å². The van der Waals surface area contributed by atoms with Crippen molar-refractivity contribution in [3.05, 3.63) is 103 Å². The van der Waals surface area contributed by atoms with E-state index in [0.29, 0.717) is 17.3 Å². The van der Waals surface area contributed by atoms with Crippen LogP contribution >= 0.6 is 0 Å². The summed E-state index contributed by atoms with van der Waals surface area (Å²) in [6.07, 6.45) is -0.687. The zero-order valence-corrected chi connectivity index (χ0v) is 23.7. The second-order valence-electron chi connectivity index (χ2n) is 10.8. The first-order chi connectivity index (χ1) is 21.0. The second-order valence-corrected chi connectivity index (χ2v) is 10.8. The molecule has 2 aliphatic heterocycles. The number of rotatable bonds is 9. The molecular weight excluding hydrogens is 570 g/mol. The van der Waals surface area contributed by atoms with Gasteiger partial charge < -0.3 is 4.90 Å². The minimum atomic E-state index is -1.44. The molecule has 0 atom stereocenters. The van der Waals surface area contributed by atoms with E-state index in [0.717, 1.165) is 28.4 Å². The number of carbonyl (C=O) groups excluding carboxylic acids is 4. The average Bonchev–Trinajstić information content (AvgIpc) is 3.00. The van der Waals surface area contributed by atoms with Gasteiger partial charge in [0.2, 0.25) is 0 Å². The average molecular weight is 596 g/mol. The lowest BCUT2D eigenvalue weighted by Crippen LogP contribution is -2.59. The summed E-state index contributed by atoms with van der Waals surface area (Å²) in [5, 5.41) is 24.6. The first kappa shape index (κ1) is 28.6. The van der Waals surface area contributed by atoms with E-state index in [9.17, 15) is 39.4 Å². The Balaban J connectivity index is 1.53. The van der Waals surface area contributed by atoms with Crippen LogP contribution in [0.15, 0.2) is 60.7 Å². The number of amides is 4. The third-order valence-electron chi connectivity index (χ3n) is 8.11. The summed E-state index contributed by atoms with van der Waals surface area (Å²) in [5.41, 5.74) is -0.741. The van der Waals surface area contributed by atoms with Crippen molar-refractivity contribution < 1.29 is 29.0 Å². The Morgan fingerprint density at radius 1 is 0.682 bits per heavy atom. The quantitative estimate of drug-likeness (QED) is 0.151. The molecule has 0 aromatic heterocycles. The maximum atomic E-state index is 14.2. The minimum Gasteiger partial charge on any atom is -0.306 e. The molecule has 0 fully saturated rings. The molecule has 0 saturated heterocycles. The van der Waals surface area contributed by atoms with Gasteiger partial charge in [0.05, 0.1) is 21.0 Å². The topological polar surface area (TPSA) is 164 Å². The maximum absolute atomic E-state index is 14.2. The summed E-state index contributed by atoms with van der Waals surface area (Å²) in [6.45, 7) is 2.89. The van der Waals surface area contributed by atoms with Crippen LogP contribution in [0.3, 0.4) is 0 Å². The highest BCUT2D eigenvalue weighted by Crippen LogP contribution is 2.38. The molecule has 2 aliphatic rings. The zero-order chi connectivity index (χ0) is 31.4. The number of benzene rings is 4. The van der Waals surface area contributed by atoms with E-state index in [-0.39, 0.29) is 57.4 Å². The van der Waals surface area contributed by atoms with E-state index < -0.39 is 39.6 Å².